The fourth-order valence-electron chi connectivity index (χ4n) is 2.22. The first-order valence-electron chi connectivity index (χ1n) is 7.29. The Morgan fingerprint density at radius 2 is 2.00 bits per heavy atom. The van der Waals surface area contributed by atoms with Gasteiger partial charge >= 0.3 is 0 Å². The Kier molecular flexibility index (Phi) is 9.78. The number of hydrogen-bond acceptors (Lipinski definition) is 2. The highest BCUT2D eigenvalue weighted by atomic mass is 127. The summed E-state index contributed by atoms with van der Waals surface area (Å²) in [4.78, 5) is 4.70. The lowest BCUT2D eigenvalue weighted by atomic mass is 9.67. The largest absolute Gasteiger partial charge is 0.396 e. The van der Waals surface area contributed by atoms with Gasteiger partial charge in [0.15, 0.2) is 5.96 Å². The monoisotopic (exact) mass is 383 g/mol. The fourth-order valence-corrected chi connectivity index (χ4v) is 2.22. The number of hydrogen-bond donors (Lipinski definition) is 3. The predicted octanol–water partition coefficient (Wildman–Crippen LogP) is 2.37. The van der Waals surface area contributed by atoms with Crippen LogP contribution in [0.3, 0.4) is 0 Å². The van der Waals surface area contributed by atoms with Crippen molar-refractivity contribution < 1.29 is 5.11 Å². The van der Waals surface area contributed by atoms with Crippen molar-refractivity contribution in [3.63, 3.8) is 0 Å². The highest BCUT2D eigenvalue weighted by Crippen LogP contribution is 2.43. The molecule has 0 aliphatic heterocycles. The molecule has 19 heavy (non-hydrogen) atoms. The van der Waals surface area contributed by atoms with Crippen LogP contribution in [0.25, 0.3) is 0 Å². The van der Waals surface area contributed by atoms with E-state index in [1.165, 1.54) is 25.7 Å². The van der Waals surface area contributed by atoms with Crippen molar-refractivity contribution in [1.29, 1.82) is 0 Å². The Balaban J connectivity index is 0.00000324. The van der Waals surface area contributed by atoms with Gasteiger partial charge in [-0.2, -0.15) is 0 Å². The highest BCUT2D eigenvalue weighted by Gasteiger charge is 2.34. The van der Waals surface area contributed by atoms with Crippen molar-refractivity contribution in [3.8, 4) is 0 Å². The summed E-state index contributed by atoms with van der Waals surface area (Å²) < 4.78 is 0. The van der Waals surface area contributed by atoms with Crippen molar-refractivity contribution in [2.75, 3.05) is 26.2 Å². The smallest absolute Gasteiger partial charge is 0.191 e. The van der Waals surface area contributed by atoms with Crippen LogP contribution in [0.2, 0.25) is 0 Å². The van der Waals surface area contributed by atoms with Gasteiger partial charge < -0.3 is 15.7 Å². The molecule has 0 aromatic heterocycles. The van der Waals surface area contributed by atoms with Gasteiger partial charge in [-0.05, 0) is 37.5 Å². The molecule has 1 unspecified atom stereocenters. The second kappa shape index (κ2) is 9.80. The number of guanidine groups is 1. The van der Waals surface area contributed by atoms with Gasteiger partial charge in [0.05, 0.1) is 0 Å². The first-order chi connectivity index (χ1) is 8.65. The molecule has 1 atom stereocenters. The molecule has 1 fully saturated rings. The average Bonchev–Trinajstić information content (AvgIpc) is 2.34. The molecule has 1 aliphatic rings. The van der Waals surface area contributed by atoms with Gasteiger partial charge in [-0.15, -0.1) is 24.0 Å². The molecule has 1 aliphatic carbocycles. The molecule has 1 saturated carbocycles. The van der Waals surface area contributed by atoms with E-state index in [2.05, 4.69) is 24.5 Å². The molecule has 114 valence electrons. The molecule has 3 N–H and O–H groups in total. The lowest BCUT2D eigenvalue weighted by molar-refractivity contribution is 0.139. The zero-order valence-corrected chi connectivity index (χ0v) is 14.9. The van der Waals surface area contributed by atoms with E-state index in [1.54, 1.807) is 0 Å². The maximum atomic E-state index is 9.02. The molecule has 1 rings (SSSR count). The summed E-state index contributed by atoms with van der Waals surface area (Å²) in [5, 5.41) is 15.6. The van der Waals surface area contributed by atoms with Crippen LogP contribution in [0.15, 0.2) is 4.99 Å². The molecular formula is C14H30IN3O. The Bertz CT molecular complexity index is 262. The maximum absolute atomic E-state index is 9.02. The molecule has 4 nitrogen and oxygen atoms in total. The molecule has 0 amide bonds. The van der Waals surface area contributed by atoms with Crippen LogP contribution in [-0.2, 0) is 0 Å². The minimum absolute atomic E-state index is 0. The molecule has 0 bridgehead atoms. The summed E-state index contributed by atoms with van der Waals surface area (Å²) in [6.07, 6.45) is 5.22. The van der Waals surface area contributed by atoms with Crippen LogP contribution in [-0.4, -0.2) is 37.3 Å². The Hall–Kier alpha value is -0.0400. The number of aliphatic hydroxyl groups excluding tert-OH is 1. The maximum Gasteiger partial charge on any atom is 0.191 e. The first kappa shape index (κ1) is 19.0. The normalized spacial score (nSPS) is 19.1. The van der Waals surface area contributed by atoms with Gasteiger partial charge in [-0.3, -0.25) is 4.99 Å². The van der Waals surface area contributed by atoms with Gasteiger partial charge in [0.25, 0.3) is 0 Å². The van der Waals surface area contributed by atoms with E-state index in [4.69, 9.17) is 10.1 Å². The van der Waals surface area contributed by atoms with Gasteiger partial charge in [-0.25, -0.2) is 0 Å². The van der Waals surface area contributed by atoms with E-state index in [1.807, 2.05) is 6.92 Å². The van der Waals surface area contributed by atoms with Crippen molar-refractivity contribution in [2.24, 2.45) is 16.3 Å². The molecule has 0 heterocycles. The molecule has 0 saturated heterocycles. The molecule has 0 radical (unpaired) electrons. The Morgan fingerprint density at radius 3 is 2.42 bits per heavy atom. The van der Waals surface area contributed by atoms with Crippen LogP contribution in [0.5, 0.6) is 0 Å². The highest BCUT2D eigenvalue weighted by molar-refractivity contribution is 14.0. The third-order valence-electron chi connectivity index (χ3n) is 4.01. The molecule has 5 heteroatoms. The number of aliphatic hydroxyl groups is 1. The summed E-state index contributed by atoms with van der Waals surface area (Å²) in [5.74, 6) is 1.15. The van der Waals surface area contributed by atoms with E-state index in [0.29, 0.717) is 5.41 Å². The Labute approximate surface area is 134 Å². The third-order valence-corrected chi connectivity index (χ3v) is 4.01. The quantitative estimate of drug-likeness (QED) is 0.360. The van der Waals surface area contributed by atoms with Crippen LogP contribution >= 0.6 is 24.0 Å². The molecular weight excluding hydrogens is 353 g/mol. The standard InChI is InChI=1S/C14H29N3O.HI/c1-4-14(7-6-8-14)11-17-13(15-5-2)16-9-12(3)10-18;/h12,18H,4-11H2,1-3H3,(H2,15,16,17);1H. The molecule has 0 aromatic rings. The second-order valence-corrected chi connectivity index (χ2v) is 5.57. The van der Waals surface area contributed by atoms with Crippen LogP contribution in [0.1, 0.15) is 46.5 Å². The number of nitrogens with one attached hydrogen (secondary N) is 2. The minimum Gasteiger partial charge on any atom is -0.396 e. The van der Waals surface area contributed by atoms with Gasteiger partial charge in [0.1, 0.15) is 0 Å². The average molecular weight is 383 g/mol. The van der Waals surface area contributed by atoms with Crippen LogP contribution in [0.4, 0.5) is 0 Å². The van der Waals surface area contributed by atoms with E-state index < -0.39 is 0 Å². The summed E-state index contributed by atoms with van der Waals surface area (Å²) >= 11 is 0. The van der Waals surface area contributed by atoms with Crippen molar-refractivity contribution in [1.82, 2.24) is 10.6 Å². The van der Waals surface area contributed by atoms with E-state index in [-0.39, 0.29) is 36.5 Å². The lowest BCUT2D eigenvalue weighted by Gasteiger charge is -2.40. The zero-order chi connectivity index (χ0) is 13.4. The van der Waals surface area contributed by atoms with Crippen molar-refractivity contribution >= 4 is 29.9 Å². The third kappa shape index (κ3) is 6.29. The number of halogens is 1. The zero-order valence-electron chi connectivity index (χ0n) is 12.5. The van der Waals surface area contributed by atoms with E-state index in [9.17, 15) is 0 Å². The fraction of sp³-hybridized carbons (Fsp3) is 0.929. The first-order valence-corrected chi connectivity index (χ1v) is 7.29. The summed E-state index contributed by atoms with van der Waals surface area (Å²) in [7, 11) is 0. The van der Waals surface area contributed by atoms with Crippen molar-refractivity contribution in [2.45, 2.75) is 46.5 Å². The number of nitrogens with zero attached hydrogens (tertiary/aromatic N) is 1. The van der Waals surface area contributed by atoms with Crippen LogP contribution in [0, 0.1) is 11.3 Å². The summed E-state index contributed by atoms with van der Waals surface area (Å²) in [5.41, 5.74) is 0.463. The minimum atomic E-state index is 0. The molecule has 0 aromatic carbocycles. The molecule has 0 spiro atoms. The van der Waals surface area contributed by atoms with E-state index in [0.717, 1.165) is 25.6 Å². The van der Waals surface area contributed by atoms with Crippen molar-refractivity contribution in [3.05, 3.63) is 0 Å². The summed E-state index contributed by atoms with van der Waals surface area (Å²) in [6, 6.07) is 0. The van der Waals surface area contributed by atoms with E-state index >= 15 is 0 Å². The lowest BCUT2D eigenvalue weighted by Crippen LogP contribution is -2.41. The van der Waals surface area contributed by atoms with Gasteiger partial charge in [-0.1, -0.05) is 20.3 Å². The summed E-state index contributed by atoms with van der Waals surface area (Å²) in [6.45, 7) is 9.14. The van der Waals surface area contributed by atoms with Gasteiger partial charge in [0.2, 0.25) is 0 Å². The Morgan fingerprint density at radius 1 is 1.32 bits per heavy atom. The predicted molar refractivity (Wildman–Crippen MR) is 92.2 cm³/mol. The SMILES string of the molecule is CCNC(=NCC1(CC)CCC1)NCC(C)CO.I. The second-order valence-electron chi connectivity index (χ2n) is 5.57. The number of aliphatic imine (C=N–C) groups is 1. The van der Waals surface area contributed by atoms with Gasteiger partial charge in [0, 0.05) is 26.2 Å². The topological polar surface area (TPSA) is 56.7 Å². The number of rotatable bonds is 7. The van der Waals surface area contributed by atoms with Crippen LogP contribution < -0.4 is 10.6 Å².